The zero-order valence-corrected chi connectivity index (χ0v) is 11.1. The summed E-state index contributed by atoms with van der Waals surface area (Å²) in [6.07, 6.45) is 1.83. The topological polar surface area (TPSA) is 46.0 Å². The van der Waals surface area contributed by atoms with Gasteiger partial charge in [-0.15, -0.1) is 10.2 Å². The van der Waals surface area contributed by atoms with E-state index >= 15 is 0 Å². The van der Waals surface area contributed by atoms with Crippen LogP contribution in [-0.4, -0.2) is 45.3 Å². The van der Waals surface area contributed by atoms with E-state index in [-0.39, 0.29) is 0 Å². The first-order chi connectivity index (χ1) is 8.22. The molecule has 1 aromatic rings. The van der Waals surface area contributed by atoms with Gasteiger partial charge in [0.1, 0.15) is 12.2 Å². The lowest BCUT2D eigenvalue weighted by atomic mass is 10.0. The fourth-order valence-corrected chi connectivity index (χ4v) is 2.45. The average Bonchev–Trinajstić information content (AvgIpc) is 2.76. The fourth-order valence-electron chi connectivity index (χ4n) is 2.45. The number of hydrogen-bond donors (Lipinski definition) is 1. The summed E-state index contributed by atoms with van der Waals surface area (Å²) in [7, 11) is 0. The molecule has 1 aromatic heterocycles. The molecule has 0 amide bonds. The lowest BCUT2D eigenvalue weighted by molar-refractivity contribution is 0.117. The van der Waals surface area contributed by atoms with Crippen LogP contribution < -0.4 is 5.32 Å². The molecule has 0 saturated carbocycles. The summed E-state index contributed by atoms with van der Waals surface area (Å²) in [6.45, 7) is 11.9. The van der Waals surface area contributed by atoms with Crippen molar-refractivity contribution in [3.63, 3.8) is 0 Å². The van der Waals surface area contributed by atoms with Crippen LogP contribution in [0, 0.1) is 5.92 Å². The van der Waals surface area contributed by atoms with Crippen LogP contribution >= 0.6 is 0 Å². The Bertz CT molecular complexity index is 346. The van der Waals surface area contributed by atoms with Crippen LogP contribution in [0.5, 0.6) is 0 Å². The van der Waals surface area contributed by atoms with Gasteiger partial charge in [0.25, 0.3) is 0 Å². The van der Waals surface area contributed by atoms with Crippen molar-refractivity contribution >= 4 is 0 Å². The monoisotopic (exact) mass is 237 g/mol. The van der Waals surface area contributed by atoms with Gasteiger partial charge in [0.15, 0.2) is 0 Å². The van der Waals surface area contributed by atoms with E-state index in [1.54, 1.807) is 0 Å². The molecule has 0 radical (unpaired) electrons. The summed E-state index contributed by atoms with van der Waals surface area (Å²) < 4.78 is 2.15. The second kappa shape index (κ2) is 5.60. The predicted octanol–water partition coefficient (Wildman–Crippen LogP) is 0.728. The zero-order chi connectivity index (χ0) is 12.3. The van der Waals surface area contributed by atoms with Crippen LogP contribution in [0.15, 0.2) is 6.33 Å². The molecule has 1 aliphatic rings. The molecule has 0 bridgehead atoms. The number of hydrogen-bond acceptors (Lipinski definition) is 4. The highest BCUT2D eigenvalue weighted by atomic mass is 15.3. The van der Waals surface area contributed by atoms with Gasteiger partial charge >= 0.3 is 0 Å². The highest BCUT2D eigenvalue weighted by Gasteiger charge is 2.26. The maximum absolute atomic E-state index is 4.18. The minimum atomic E-state index is 0.584. The molecule has 0 fully saturated rings. The first-order valence-electron chi connectivity index (χ1n) is 6.53. The Morgan fingerprint density at radius 1 is 1.41 bits per heavy atom. The molecule has 17 heavy (non-hydrogen) atoms. The van der Waals surface area contributed by atoms with Gasteiger partial charge in [-0.1, -0.05) is 20.8 Å². The second-order valence-electron chi connectivity index (χ2n) is 5.03. The molecule has 5 heteroatoms. The quantitative estimate of drug-likeness (QED) is 0.820. The van der Waals surface area contributed by atoms with Crippen molar-refractivity contribution in [2.75, 3.05) is 19.6 Å². The van der Waals surface area contributed by atoms with Gasteiger partial charge in [0.05, 0.1) is 6.54 Å². The van der Waals surface area contributed by atoms with Crippen LogP contribution in [-0.2, 0) is 13.1 Å². The van der Waals surface area contributed by atoms with Crippen LogP contribution in [0.4, 0.5) is 0 Å². The van der Waals surface area contributed by atoms with Crippen molar-refractivity contribution in [2.45, 2.75) is 39.9 Å². The second-order valence-corrected chi connectivity index (χ2v) is 5.03. The Labute approximate surface area is 103 Å². The number of nitrogens with zero attached hydrogens (tertiary/aromatic N) is 4. The van der Waals surface area contributed by atoms with E-state index in [1.807, 2.05) is 6.33 Å². The Morgan fingerprint density at radius 2 is 2.24 bits per heavy atom. The van der Waals surface area contributed by atoms with Crippen molar-refractivity contribution in [3.05, 3.63) is 12.2 Å². The Kier molecular flexibility index (Phi) is 4.12. The molecule has 0 saturated heterocycles. The third kappa shape index (κ3) is 2.84. The summed E-state index contributed by atoms with van der Waals surface area (Å²) in [4.78, 5) is 2.53. The number of likely N-dealkylation sites (N-methyl/N-ethyl adjacent to an activating group) is 1. The first-order valence-corrected chi connectivity index (χ1v) is 6.53. The lowest BCUT2D eigenvalue weighted by Gasteiger charge is -2.36. The minimum Gasteiger partial charge on any atom is -0.315 e. The Morgan fingerprint density at radius 3 is 2.94 bits per heavy atom. The van der Waals surface area contributed by atoms with Gasteiger partial charge in [-0.2, -0.15) is 0 Å². The van der Waals surface area contributed by atoms with Crippen molar-refractivity contribution in [2.24, 2.45) is 5.92 Å². The number of rotatable bonds is 5. The molecule has 0 aromatic carbocycles. The molecule has 1 aliphatic heterocycles. The Balaban J connectivity index is 2.01. The molecule has 1 unspecified atom stereocenters. The predicted molar refractivity (Wildman–Crippen MR) is 67.6 cm³/mol. The van der Waals surface area contributed by atoms with Crippen LogP contribution in [0.1, 0.15) is 26.6 Å². The first kappa shape index (κ1) is 12.5. The third-order valence-electron chi connectivity index (χ3n) is 3.51. The summed E-state index contributed by atoms with van der Waals surface area (Å²) in [5, 5.41) is 11.6. The van der Waals surface area contributed by atoms with E-state index in [0.717, 1.165) is 38.5 Å². The van der Waals surface area contributed by atoms with Crippen LogP contribution in [0.3, 0.4) is 0 Å². The summed E-state index contributed by atoms with van der Waals surface area (Å²) in [6, 6.07) is 0.584. The maximum Gasteiger partial charge on any atom is 0.147 e. The van der Waals surface area contributed by atoms with Gasteiger partial charge in [-0.05, 0) is 12.5 Å². The number of nitrogens with one attached hydrogen (secondary N) is 1. The normalized spacial score (nSPS) is 18.4. The number of aromatic nitrogens is 3. The fraction of sp³-hybridized carbons (Fsp3) is 0.833. The van der Waals surface area contributed by atoms with Gasteiger partial charge in [0, 0.05) is 25.7 Å². The van der Waals surface area contributed by atoms with Crippen molar-refractivity contribution in [3.8, 4) is 0 Å². The number of fused-ring (bicyclic) bond motifs is 1. The highest BCUT2D eigenvalue weighted by Crippen LogP contribution is 2.17. The average molecular weight is 237 g/mol. The molecular weight excluding hydrogens is 214 g/mol. The Hall–Kier alpha value is -0.940. The largest absolute Gasteiger partial charge is 0.315 e. The smallest absolute Gasteiger partial charge is 0.147 e. The van der Waals surface area contributed by atoms with E-state index in [9.17, 15) is 0 Å². The van der Waals surface area contributed by atoms with Gasteiger partial charge in [0.2, 0.25) is 0 Å². The molecule has 1 atom stereocenters. The van der Waals surface area contributed by atoms with Crippen molar-refractivity contribution in [1.29, 1.82) is 0 Å². The molecule has 5 nitrogen and oxygen atoms in total. The van der Waals surface area contributed by atoms with Gasteiger partial charge in [-0.25, -0.2) is 0 Å². The lowest BCUT2D eigenvalue weighted by Crippen LogP contribution is -2.48. The summed E-state index contributed by atoms with van der Waals surface area (Å²) in [5.41, 5.74) is 0. The zero-order valence-electron chi connectivity index (χ0n) is 11.1. The molecule has 2 heterocycles. The van der Waals surface area contributed by atoms with E-state index < -0.39 is 0 Å². The van der Waals surface area contributed by atoms with Crippen LogP contribution in [0.2, 0.25) is 0 Å². The van der Waals surface area contributed by atoms with Gasteiger partial charge < -0.3 is 9.88 Å². The van der Waals surface area contributed by atoms with E-state index in [0.29, 0.717) is 12.0 Å². The van der Waals surface area contributed by atoms with E-state index in [2.05, 4.69) is 45.8 Å². The van der Waals surface area contributed by atoms with Crippen molar-refractivity contribution in [1.82, 2.24) is 25.0 Å². The van der Waals surface area contributed by atoms with Gasteiger partial charge in [-0.3, -0.25) is 4.90 Å². The minimum absolute atomic E-state index is 0.584. The standard InChI is InChI=1S/C12H23N5/c1-4-13-7-11(10(2)3)16-5-6-17-9-14-15-12(17)8-16/h9-11,13H,4-8H2,1-3H3. The SMILES string of the molecule is CCNCC(C(C)C)N1CCn2cnnc2C1. The third-order valence-corrected chi connectivity index (χ3v) is 3.51. The molecule has 2 rings (SSSR count). The van der Waals surface area contributed by atoms with E-state index in [1.165, 1.54) is 0 Å². The molecule has 0 spiro atoms. The highest BCUT2D eigenvalue weighted by molar-refractivity contribution is 4.92. The molecule has 1 N–H and O–H groups in total. The van der Waals surface area contributed by atoms with Crippen LogP contribution in [0.25, 0.3) is 0 Å². The molecular formula is C12H23N5. The van der Waals surface area contributed by atoms with Crippen molar-refractivity contribution < 1.29 is 0 Å². The summed E-state index contributed by atoms with van der Waals surface area (Å²) in [5.74, 6) is 1.75. The molecule has 0 aliphatic carbocycles. The van der Waals surface area contributed by atoms with E-state index in [4.69, 9.17) is 0 Å². The maximum atomic E-state index is 4.18. The molecule has 96 valence electrons. The summed E-state index contributed by atoms with van der Waals surface area (Å²) >= 11 is 0.